The molecule has 0 aromatic heterocycles. The minimum absolute atomic E-state index is 0.133. The third-order valence-electron chi connectivity index (χ3n) is 4.23. The Hall–Kier alpha value is -1.48. The Morgan fingerprint density at radius 3 is 2.36 bits per heavy atom. The number of unbranched alkanes of at least 4 members (excludes halogenated alkanes) is 1. The van der Waals surface area contributed by atoms with Crippen molar-refractivity contribution in [3.8, 4) is 17.6 Å². The molecule has 0 spiro atoms. The molecule has 1 saturated heterocycles. The first-order valence-corrected chi connectivity index (χ1v) is 7.55. The van der Waals surface area contributed by atoms with Gasteiger partial charge in [0.15, 0.2) is 0 Å². The number of aliphatic hydroxyl groups excluding tert-OH is 1. The maximum Gasteiger partial charge on any atom is 0.496 e. The normalized spacial score (nSPS) is 18.9. The summed E-state index contributed by atoms with van der Waals surface area (Å²) in [6.45, 7) is 8.09. The average Bonchev–Trinajstić information content (AvgIpc) is 2.65. The molecule has 1 aliphatic heterocycles. The molecule has 0 radical (unpaired) electrons. The SMILES string of the molecule is CC1(C)OB(c2cc(O)ccc2C#CCCCO)OC1(C)C. The van der Waals surface area contributed by atoms with E-state index in [1.807, 2.05) is 27.7 Å². The van der Waals surface area contributed by atoms with Gasteiger partial charge in [0, 0.05) is 24.1 Å². The number of aliphatic hydroxyl groups is 1. The predicted molar refractivity (Wildman–Crippen MR) is 87.0 cm³/mol. The zero-order valence-corrected chi connectivity index (χ0v) is 13.6. The van der Waals surface area contributed by atoms with E-state index in [9.17, 15) is 5.11 Å². The van der Waals surface area contributed by atoms with Crippen LogP contribution in [0.2, 0.25) is 0 Å². The first-order chi connectivity index (χ1) is 10.3. The van der Waals surface area contributed by atoms with Crippen molar-refractivity contribution in [2.24, 2.45) is 0 Å². The molecule has 2 rings (SSSR count). The molecule has 1 heterocycles. The summed E-state index contributed by atoms with van der Waals surface area (Å²) in [4.78, 5) is 0. The summed E-state index contributed by atoms with van der Waals surface area (Å²) in [6, 6.07) is 5.00. The monoisotopic (exact) mass is 302 g/mol. The highest BCUT2D eigenvalue weighted by Gasteiger charge is 2.52. The average molecular weight is 302 g/mol. The van der Waals surface area contributed by atoms with Crippen LogP contribution in [0.25, 0.3) is 0 Å². The largest absolute Gasteiger partial charge is 0.508 e. The molecule has 0 unspecified atom stereocenters. The van der Waals surface area contributed by atoms with Crippen LogP contribution in [0.15, 0.2) is 18.2 Å². The minimum atomic E-state index is -0.556. The predicted octanol–water partition coefficient (Wildman–Crippen LogP) is 1.82. The fraction of sp³-hybridized carbons (Fsp3) is 0.529. The fourth-order valence-electron chi connectivity index (χ4n) is 2.15. The van der Waals surface area contributed by atoms with Crippen LogP contribution in [-0.2, 0) is 9.31 Å². The van der Waals surface area contributed by atoms with E-state index in [-0.39, 0.29) is 12.4 Å². The maximum atomic E-state index is 9.78. The van der Waals surface area contributed by atoms with Gasteiger partial charge >= 0.3 is 7.12 Å². The van der Waals surface area contributed by atoms with Crippen molar-refractivity contribution in [2.75, 3.05) is 6.61 Å². The topological polar surface area (TPSA) is 58.9 Å². The standard InChI is InChI=1S/C17H23BO4/c1-16(2)17(3,4)22-18(21-16)15-12-14(20)10-9-13(15)8-6-5-7-11-19/h9-10,12,19-20H,5,7,11H2,1-4H3. The van der Waals surface area contributed by atoms with E-state index in [0.29, 0.717) is 12.8 Å². The molecule has 0 amide bonds. The lowest BCUT2D eigenvalue weighted by Gasteiger charge is -2.32. The van der Waals surface area contributed by atoms with Gasteiger partial charge in [0.25, 0.3) is 0 Å². The van der Waals surface area contributed by atoms with Crippen LogP contribution in [-0.4, -0.2) is 35.1 Å². The quantitative estimate of drug-likeness (QED) is 0.508. The molecular formula is C17H23BO4. The summed E-state index contributed by atoms with van der Waals surface area (Å²) in [6.07, 6.45) is 1.27. The van der Waals surface area contributed by atoms with E-state index < -0.39 is 18.3 Å². The second kappa shape index (κ2) is 6.33. The third-order valence-corrected chi connectivity index (χ3v) is 4.23. The van der Waals surface area contributed by atoms with Crippen molar-refractivity contribution in [1.82, 2.24) is 0 Å². The number of phenolic OH excluding ortho intramolecular Hbond substituents is 1. The summed E-state index contributed by atoms with van der Waals surface area (Å²) < 4.78 is 12.1. The van der Waals surface area contributed by atoms with Crippen LogP contribution in [0.5, 0.6) is 5.75 Å². The number of phenols is 1. The molecule has 0 saturated carbocycles. The molecule has 22 heavy (non-hydrogen) atoms. The van der Waals surface area contributed by atoms with Crippen molar-refractivity contribution in [3.63, 3.8) is 0 Å². The number of hydrogen-bond donors (Lipinski definition) is 2. The molecule has 5 heteroatoms. The van der Waals surface area contributed by atoms with E-state index in [4.69, 9.17) is 14.4 Å². The van der Waals surface area contributed by atoms with Gasteiger partial charge in [0.2, 0.25) is 0 Å². The van der Waals surface area contributed by atoms with E-state index in [0.717, 1.165) is 11.0 Å². The number of aromatic hydroxyl groups is 1. The Balaban J connectivity index is 2.30. The lowest BCUT2D eigenvalue weighted by molar-refractivity contribution is 0.00578. The number of hydrogen-bond acceptors (Lipinski definition) is 4. The molecule has 0 bridgehead atoms. The lowest BCUT2D eigenvalue weighted by Crippen LogP contribution is -2.41. The van der Waals surface area contributed by atoms with Crippen LogP contribution < -0.4 is 5.46 Å². The first-order valence-electron chi connectivity index (χ1n) is 7.55. The summed E-state index contributed by atoms with van der Waals surface area (Å²) in [5.41, 5.74) is 0.625. The van der Waals surface area contributed by atoms with Gasteiger partial charge in [-0.05, 0) is 52.3 Å². The summed E-state index contributed by atoms with van der Waals surface area (Å²) >= 11 is 0. The van der Waals surface area contributed by atoms with Gasteiger partial charge in [0.05, 0.1) is 11.2 Å². The van der Waals surface area contributed by atoms with Gasteiger partial charge in [-0.1, -0.05) is 11.8 Å². The van der Waals surface area contributed by atoms with Gasteiger partial charge in [-0.3, -0.25) is 0 Å². The molecule has 4 nitrogen and oxygen atoms in total. The molecule has 2 N–H and O–H groups in total. The molecule has 0 atom stereocenters. The van der Waals surface area contributed by atoms with Gasteiger partial charge in [0.1, 0.15) is 5.75 Å². The summed E-state index contributed by atoms with van der Waals surface area (Å²) in [5, 5.41) is 18.6. The minimum Gasteiger partial charge on any atom is -0.508 e. The van der Waals surface area contributed by atoms with Crippen LogP contribution >= 0.6 is 0 Å². The highest BCUT2D eigenvalue weighted by molar-refractivity contribution is 6.63. The Morgan fingerprint density at radius 1 is 1.14 bits per heavy atom. The lowest BCUT2D eigenvalue weighted by atomic mass is 9.76. The van der Waals surface area contributed by atoms with Crippen LogP contribution in [0.3, 0.4) is 0 Å². The molecule has 1 aromatic carbocycles. The molecule has 1 aliphatic rings. The molecule has 1 aromatic rings. The van der Waals surface area contributed by atoms with E-state index in [2.05, 4.69) is 11.8 Å². The van der Waals surface area contributed by atoms with Crippen LogP contribution in [0.1, 0.15) is 46.1 Å². The zero-order chi connectivity index (χ0) is 16.4. The van der Waals surface area contributed by atoms with Crippen molar-refractivity contribution in [3.05, 3.63) is 23.8 Å². The van der Waals surface area contributed by atoms with Crippen molar-refractivity contribution >= 4 is 12.6 Å². The molecule has 1 fully saturated rings. The highest BCUT2D eigenvalue weighted by atomic mass is 16.7. The molecule has 0 aliphatic carbocycles. The maximum absolute atomic E-state index is 9.78. The Bertz CT molecular complexity index is 582. The van der Waals surface area contributed by atoms with Crippen molar-refractivity contribution < 1.29 is 19.5 Å². The Kier molecular flexibility index (Phi) is 4.86. The smallest absolute Gasteiger partial charge is 0.496 e. The van der Waals surface area contributed by atoms with Gasteiger partial charge in [-0.2, -0.15) is 0 Å². The number of rotatable bonds is 3. The van der Waals surface area contributed by atoms with Gasteiger partial charge in [-0.25, -0.2) is 0 Å². The molecular weight excluding hydrogens is 279 g/mol. The number of benzene rings is 1. The van der Waals surface area contributed by atoms with E-state index >= 15 is 0 Å². The third kappa shape index (κ3) is 3.46. The highest BCUT2D eigenvalue weighted by Crippen LogP contribution is 2.36. The van der Waals surface area contributed by atoms with Gasteiger partial charge in [-0.15, -0.1) is 0 Å². The summed E-state index contributed by atoms with van der Waals surface area (Å²) in [5.74, 6) is 6.26. The van der Waals surface area contributed by atoms with E-state index in [1.54, 1.807) is 18.2 Å². The fourth-order valence-corrected chi connectivity index (χ4v) is 2.15. The van der Waals surface area contributed by atoms with E-state index in [1.165, 1.54) is 0 Å². The van der Waals surface area contributed by atoms with Crippen LogP contribution in [0, 0.1) is 11.8 Å². The van der Waals surface area contributed by atoms with Gasteiger partial charge < -0.3 is 19.5 Å². The van der Waals surface area contributed by atoms with Crippen molar-refractivity contribution in [1.29, 1.82) is 0 Å². The van der Waals surface area contributed by atoms with Crippen LogP contribution in [0.4, 0.5) is 0 Å². The Morgan fingerprint density at radius 2 is 1.77 bits per heavy atom. The molecule has 118 valence electrons. The second-order valence-corrected chi connectivity index (χ2v) is 6.49. The summed E-state index contributed by atoms with van der Waals surface area (Å²) in [7, 11) is -0.556. The van der Waals surface area contributed by atoms with Crippen molar-refractivity contribution in [2.45, 2.75) is 51.7 Å². The first kappa shape index (κ1) is 16.9. The zero-order valence-electron chi connectivity index (χ0n) is 13.6. The second-order valence-electron chi connectivity index (χ2n) is 6.49. The Labute approximate surface area is 132 Å².